The first-order valence-electron chi connectivity index (χ1n) is 9.04. The van der Waals surface area contributed by atoms with Gasteiger partial charge in [-0.15, -0.1) is 0 Å². The lowest BCUT2D eigenvalue weighted by Gasteiger charge is -2.26. The fraction of sp³-hybridized carbons (Fsp3) is 0.478. The van der Waals surface area contributed by atoms with E-state index in [9.17, 15) is 4.39 Å². The van der Waals surface area contributed by atoms with Crippen LogP contribution in [0.1, 0.15) is 81.2 Å². The molecule has 0 N–H and O–H groups in total. The molecule has 0 nitrogen and oxygen atoms in total. The van der Waals surface area contributed by atoms with Crippen molar-refractivity contribution >= 4 is 0 Å². The van der Waals surface area contributed by atoms with Crippen LogP contribution in [0.15, 0.2) is 36.4 Å². The molecule has 0 radical (unpaired) electrons. The molecule has 2 rings (SSSR count). The number of rotatable bonds is 4. The summed E-state index contributed by atoms with van der Waals surface area (Å²) in [4.78, 5) is 0. The fourth-order valence-corrected chi connectivity index (χ4v) is 3.30. The summed E-state index contributed by atoms with van der Waals surface area (Å²) in [6, 6.07) is 12.5. The largest absolute Gasteiger partial charge is 0.207 e. The highest BCUT2D eigenvalue weighted by Crippen LogP contribution is 2.37. The minimum atomic E-state index is -0.0710. The van der Waals surface area contributed by atoms with Crippen molar-refractivity contribution in [2.24, 2.45) is 0 Å². The maximum absolute atomic E-state index is 14.5. The van der Waals surface area contributed by atoms with E-state index >= 15 is 0 Å². The second-order valence-corrected chi connectivity index (χ2v) is 8.11. The van der Waals surface area contributed by atoms with Crippen molar-refractivity contribution in [1.29, 1.82) is 0 Å². The Bertz CT molecular complexity index is 706. The van der Waals surface area contributed by atoms with Crippen LogP contribution in [0.5, 0.6) is 0 Å². The van der Waals surface area contributed by atoms with Gasteiger partial charge in [-0.05, 0) is 64.5 Å². The summed E-state index contributed by atoms with van der Waals surface area (Å²) in [6.07, 6.45) is 0.869. The minimum absolute atomic E-state index is 0.0710. The van der Waals surface area contributed by atoms with Crippen LogP contribution < -0.4 is 0 Å². The number of hydrogen-bond acceptors (Lipinski definition) is 0. The van der Waals surface area contributed by atoms with Gasteiger partial charge >= 0.3 is 0 Å². The van der Waals surface area contributed by atoms with Crippen LogP contribution in [0.3, 0.4) is 0 Å². The Kier molecular flexibility index (Phi) is 5.52. The standard InChI is InChI=1S/C23H31F/c1-8-18-10-12-20(22(24)13-18)16(3)17(4)21-14-19(23(5,6)7)11-9-15(21)2/h9-14,16-17H,8H2,1-7H3. The van der Waals surface area contributed by atoms with E-state index in [4.69, 9.17) is 0 Å². The van der Waals surface area contributed by atoms with E-state index in [2.05, 4.69) is 72.7 Å². The Labute approximate surface area is 147 Å². The van der Waals surface area contributed by atoms with Crippen molar-refractivity contribution in [3.05, 3.63) is 70.0 Å². The van der Waals surface area contributed by atoms with Gasteiger partial charge in [-0.25, -0.2) is 4.39 Å². The van der Waals surface area contributed by atoms with Gasteiger partial charge < -0.3 is 0 Å². The first kappa shape index (κ1) is 18.7. The monoisotopic (exact) mass is 326 g/mol. The lowest BCUT2D eigenvalue weighted by Crippen LogP contribution is -2.14. The number of benzene rings is 2. The van der Waals surface area contributed by atoms with Gasteiger partial charge in [0.05, 0.1) is 0 Å². The van der Waals surface area contributed by atoms with Crippen LogP contribution in [0, 0.1) is 12.7 Å². The quantitative estimate of drug-likeness (QED) is 0.573. The molecule has 0 bridgehead atoms. The van der Waals surface area contributed by atoms with Crippen LogP contribution in [-0.4, -0.2) is 0 Å². The molecule has 0 aliphatic rings. The van der Waals surface area contributed by atoms with Crippen molar-refractivity contribution < 1.29 is 4.39 Å². The van der Waals surface area contributed by atoms with E-state index in [0.29, 0.717) is 0 Å². The zero-order chi connectivity index (χ0) is 18.1. The molecule has 0 fully saturated rings. The molecule has 0 amide bonds. The summed E-state index contributed by atoms with van der Waals surface area (Å²) in [5.74, 6) is 0.345. The molecule has 2 atom stereocenters. The molecule has 0 heterocycles. The molecule has 130 valence electrons. The molecule has 0 aromatic heterocycles. The summed E-state index contributed by atoms with van der Waals surface area (Å²) in [7, 11) is 0. The third-order valence-electron chi connectivity index (χ3n) is 5.35. The highest BCUT2D eigenvalue weighted by molar-refractivity contribution is 5.39. The van der Waals surface area contributed by atoms with Gasteiger partial charge in [-0.2, -0.15) is 0 Å². The molecule has 0 saturated heterocycles. The average Bonchev–Trinajstić information content (AvgIpc) is 2.52. The summed E-state index contributed by atoms with van der Waals surface area (Å²) in [6.45, 7) is 15.3. The lowest BCUT2D eigenvalue weighted by molar-refractivity contribution is 0.547. The van der Waals surface area contributed by atoms with Gasteiger partial charge in [0.2, 0.25) is 0 Å². The fourth-order valence-electron chi connectivity index (χ4n) is 3.30. The van der Waals surface area contributed by atoms with E-state index in [1.165, 1.54) is 16.7 Å². The Balaban J connectivity index is 2.39. The second-order valence-electron chi connectivity index (χ2n) is 8.11. The molecule has 0 saturated carbocycles. The third kappa shape index (κ3) is 3.88. The molecule has 0 aliphatic carbocycles. The van der Waals surface area contributed by atoms with E-state index in [-0.39, 0.29) is 23.1 Å². The predicted octanol–water partition coefficient (Wildman–Crippen LogP) is 6.90. The summed E-state index contributed by atoms with van der Waals surface area (Å²) in [5, 5.41) is 0. The highest BCUT2D eigenvalue weighted by Gasteiger charge is 2.23. The first-order chi connectivity index (χ1) is 11.1. The van der Waals surface area contributed by atoms with Crippen molar-refractivity contribution in [2.75, 3.05) is 0 Å². The average molecular weight is 326 g/mol. The minimum Gasteiger partial charge on any atom is -0.207 e. The summed E-state index contributed by atoms with van der Waals surface area (Å²) < 4.78 is 14.5. The van der Waals surface area contributed by atoms with Crippen molar-refractivity contribution in [2.45, 2.75) is 72.1 Å². The molecule has 2 aromatic rings. The van der Waals surface area contributed by atoms with E-state index in [0.717, 1.165) is 17.5 Å². The number of hydrogen-bond donors (Lipinski definition) is 0. The molecule has 1 heteroatoms. The predicted molar refractivity (Wildman–Crippen MR) is 102 cm³/mol. The van der Waals surface area contributed by atoms with Crippen molar-refractivity contribution in [3.8, 4) is 0 Å². The molecule has 2 aromatic carbocycles. The molecular weight excluding hydrogens is 295 g/mol. The third-order valence-corrected chi connectivity index (χ3v) is 5.35. The van der Waals surface area contributed by atoms with Crippen LogP contribution >= 0.6 is 0 Å². The second kappa shape index (κ2) is 7.09. The molecule has 24 heavy (non-hydrogen) atoms. The summed E-state index contributed by atoms with van der Waals surface area (Å²) in [5.41, 5.74) is 5.95. The zero-order valence-electron chi connectivity index (χ0n) is 16.2. The van der Waals surface area contributed by atoms with Crippen molar-refractivity contribution in [3.63, 3.8) is 0 Å². The summed E-state index contributed by atoms with van der Waals surface area (Å²) >= 11 is 0. The van der Waals surface area contributed by atoms with Gasteiger partial charge in [0.25, 0.3) is 0 Å². The smallest absolute Gasteiger partial charge is 0.126 e. The molecule has 0 aliphatic heterocycles. The Hall–Kier alpha value is -1.63. The lowest BCUT2D eigenvalue weighted by atomic mass is 9.78. The van der Waals surface area contributed by atoms with Crippen LogP contribution in [0.2, 0.25) is 0 Å². The van der Waals surface area contributed by atoms with Crippen LogP contribution in [-0.2, 0) is 11.8 Å². The van der Waals surface area contributed by atoms with E-state index in [1.807, 2.05) is 6.07 Å². The van der Waals surface area contributed by atoms with Gasteiger partial charge in [0, 0.05) is 0 Å². The Morgan fingerprint density at radius 3 is 2.08 bits per heavy atom. The number of halogens is 1. The van der Waals surface area contributed by atoms with Crippen molar-refractivity contribution in [1.82, 2.24) is 0 Å². The normalized spacial score (nSPS) is 14.5. The molecule has 0 spiro atoms. The topological polar surface area (TPSA) is 0 Å². The maximum Gasteiger partial charge on any atom is 0.126 e. The molecule has 2 unspecified atom stereocenters. The van der Waals surface area contributed by atoms with Gasteiger partial charge in [0.1, 0.15) is 5.82 Å². The van der Waals surface area contributed by atoms with Crippen LogP contribution in [0.4, 0.5) is 4.39 Å². The van der Waals surface area contributed by atoms with Crippen LogP contribution in [0.25, 0.3) is 0 Å². The maximum atomic E-state index is 14.5. The van der Waals surface area contributed by atoms with Gasteiger partial charge in [0.15, 0.2) is 0 Å². The Morgan fingerprint density at radius 2 is 1.54 bits per heavy atom. The van der Waals surface area contributed by atoms with E-state index < -0.39 is 0 Å². The highest BCUT2D eigenvalue weighted by atomic mass is 19.1. The van der Waals surface area contributed by atoms with E-state index in [1.54, 1.807) is 6.07 Å². The SMILES string of the molecule is CCc1ccc(C(C)C(C)c2cc(C(C)(C)C)ccc2C)c(F)c1. The number of aryl methyl sites for hydroxylation is 2. The van der Waals surface area contributed by atoms with Gasteiger partial charge in [-0.1, -0.05) is 71.9 Å². The molecular formula is C23H31F. The Morgan fingerprint density at radius 1 is 0.917 bits per heavy atom. The zero-order valence-corrected chi connectivity index (χ0v) is 16.2. The van der Waals surface area contributed by atoms with Gasteiger partial charge in [-0.3, -0.25) is 0 Å². The first-order valence-corrected chi connectivity index (χ1v) is 9.04.